The quantitative estimate of drug-likeness (QED) is 0.737. The van der Waals surface area contributed by atoms with Crippen molar-refractivity contribution in [2.24, 2.45) is 5.92 Å². The molecule has 1 aliphatic rings. The Hall–Kier alpha value is -0.910. The van der Waals surface area contributed by atoms with E-state index in [2.05, 4.69) is 39.5 Å². The molecule has 1 aromatic rings. The van der Waals surface area contributed by atoms with Gasteiger partial charge in [-0.15, -0.1) is 0 Å². The Morgan fingerprint density at radius 3 is 2.04 bits per heavy atom. The SMILES string of the molecule is CCN(CC)S(=O)(=O)c1ccc(CC2C(C)N(C(C)C)C2(C)C)cc1. The first kappa shape index (κ1) is 20.4. The van der Waals surface area contributed by atoms with E-state index in [9.17, 15) is 8.42 Å². The van der Waals surface area contributed by atoms with E-state index in [0.717, 1.165) is 6.42 Å². The number of hydrogen-bond acceptors (Lipinski definition) is 3. The van der Waals surface area contributed by atoms with Gasteiger partial charge in [-0.1, -0.05) is 26.0 Å². The molecule has 0 aromatic heterocycles. The molecule has 0 spiro atoms. The fourth-order valence-corrected chi connectivity index (χ4v) is 6.20. The Morgan fingerprint density at radius 1 is 1.12 bits per heavy atom. The van der Waals surface area contributed by atoms with Gasteiger partial charge in [0.25, 0.3) is 0 Å². The highest BCUT2D eigenvalue weighted by atomic mass is 32.2. The minimum Gasteiger partial charge on any atom is -0.292 e. The van der Waals surface area contributed by atoms with Crippen LogP contribution in [0.5, 0.6) is 0 Å². The molecule has 1 aliphatic heterocycles. The number of benzene rings is 1. The van der Waals surface area contributed by atoms with Crippen LogP contribution in [0.1, 0.15) is 54.0 Å². The summed E-state index contributed by atoms with van der Waals surface area (Å²) in [6, 6.07) is 8.59. The number of hydrogen-bond donors (Lipinski definition) is 0. The van der Waals surface area contributed by atoms with Gasteiger partial charge < -0.3 is 0 Å². The summed E-state index contributed by atoms with van der Waals surface area (Å²) in [4.78, 5) is 2.96. The van der Waals surface area contributed by atoms with E-state index in [1.54, 1.807) is 12.1 Å². The Kier molecular flexibility index (Phi) is 6.02. The van der Waals surface area contributed by atoms with Gasteiger partial charge in [-0.25, -0.2) is 8.42 Å². The molecule has 1 heterocycles. The van der Waals surface area contributed by atoms with Gasteiger partial charge in [-0.2, -0.15) is 4.31 Å². The molecular weight excluding hydrogens is 332 g/mol. The fourth-order valence-electron chi connectivity index (χ4n) is 4.74. The maximum absolute atomic E-state index is 12.6. The van der Waals surface area contributed by atoms with Crippen molar-refractivity contribution < 1.29 is 8.42 Å². The lowest BCUT2D eigenvalue weighted by Gasteiger charge is -2.63. The minimum atomic E-state index is -3.37. The third-order valence-corrected chi connectivity index (χ3v) is 7.94. The van der Waals surface area contributed by atoms with E-state index < -0.39 is 10.0 Å². The second kappa shape index (κ2) is 7.37. The van der Waals surface area contributed by atoms with Crippen molar-refractivity contribution in [2.45, 2.75) is 77.4 Å². The van der Waals surface area contributed by atoms with Gasteiger partial charge in [0.15, 0.2) is 0 Å². The van der Waals surface area contributed by atoms with Crippen molar-refractivity contribution in [3.8, 4) is 0 Å². The molecule has 2 atom stereocenters. The highest BCUT2D eigenvalue weighted by Gasteiger charge is 2.52. The zero-order valence-electron chi connectivity index (χ0n) is 16.8. The van der Waals surface area contributed by atoms with Crippen molar-refractivity contribution >= 4 is 10.0 Å². The predicted octanol–water partition coefficient (Wildman–Crippen LogP) is 3.77. The molecule has 0 saturated carbocycles. The van der Waals surface area contributed by atoms with Crippen molar-refractivity contribution in [2.75, 3.05) is 13.1 Å². The molecule has 142 valence electrons. The van der Waals surface area contributed by atoms with Gasteiger partial charge in [-0.3, -0.25) is 4.90 Å². The summed E-state index contributed by atoms with van der Waals surface area (Å²) in [5, 5.41) is 0. The summed E-state index contributed by atoms with van der Waals surface area (Å²) >= 11 is 0. The van der Waals surface area contributed by atoms with Gasteiger partial charge in [0, 0.05) is 30.7 Å². The first-order valence-electron chi connectivity index (χ1n) is 9.44. The lowest BCUT2D eigenvalue weighted by atomic mass is 9.67. The summed E-state index contributed by atoms with van der Waals surface area (Å²) in [6.07, 6.45) is 0.989. The standard InChI is InChI=1S/C20H34N2O2S/c1-8-21(9-2)25(23,24)18-12-10-17(11-13-18)14-19-16(5)22(15(3)4)20(19,6)7/h10-13,15-16,19H,8-9,14H2,1-7H3. The van der Waals surface area contributed by atoms with Gasteiger partial charge in [0.2, 0.25) is 10.0 Å². The number of sulfonamides is 1. The average molecular weight is 367 g/mol. The van der Waals surface area contributed by atoms with E-state index in [4.69, 9.17) is 0 Å². The summed E-state index contributed by atoms with van der Waals surface area (Å²) in [6.45, 7) is 16.2. The highest BCUT2D eigenvalue weighted by Crippen LogP contribution is 2.45. The van der Waals surface area contributed by atoms with Crippen molar-refractivity contribution in [1.29, 1.82) is 0 Å². The second-order valence-electron chi connectivity index (χ2n) is 7.94. The average Bonchev–Trinajstić information content (AvgIpc) is 2.53. The summed E-state index contributed by atoms with van der Waals surface area (Å²) in [5.74, 6) is 0.583. The molecule has 0 radical (unpaired) electrons. The Morgan fingerprint density at radius 2 is 1.64 bits per heavy atom. The van der Waals surface area contributed by atoms with Crippen molar-refractivity contribution in [3.05, 3.63) is 29.8 Å². The Balaban J connectivity index is 2.14. The summed E-state index contributed by atoms with van der Waals surface area (Å²) < 4.78 is 26.7. The molecule has 1 saturated heterocycles. The normalized spacial score (nSPS) is 23.9. The van der Waals surface area contributed by atoms with Gasteiger partial charge in [-0.05, 0) is 64.7 Å². The number of likely N-dealkylation sites (tertiary alicyclic amines) is 1. The van der Waals surface area contributed by atoms with E-state index in [0.29, 0.717) is 36.0 Å². The molecule has 0 N–H and O–H groups in total. The fraction of sp³-hybridized carbons (Fsp3) is 0.700. The third-order valence-electron chi connectivity index (χ3n) is 5.87. The van der Waals surface area contributed by atoms with E-state index in [1.165, 1.54) is 9.87 Å². The Labute approximate surface area is 154 Å². The minimum absolute atomic E-state index is 0.180. The van der Waals surface area contributed by atoms with Crippen LogP contribution in [0.4, 0.5) is 0 Å². The molecule has 2 unspecified atom stereocenters. The van der Waals surface area contributed by atoms with E-state index in [-0.39, 0.29) is 5.54 Å². The number of nitrogens with zero attached hydrogens (tertiary/aromatic N) is 2. The zero-order valence-corrected chi connectivity index (χ0v) is 17.6. The van der Waals surface area contributed by atoms with Crippen LogP contribution in [0.25, 0.3) is 0 Å². The molecule has 1 aromatic carbocycles. The smallest absolute Gasteiger partial charge is 0.243 e. The van der Waals surface area contributed by atoms with E-state index in [1.807, 2.05) is 26.0 Å². The molecule has 1 fully saturated rings. The molecule has 25 heavy (non-hydrogen) atoms. The van der Waals surface area contributed by atoms with Crippen LogP contribution in [-0.4, -0.2) is 48.3 Å². The van der Waals surface area contributed by atoms with Crippen LogP contribution in [-0.2, 0) is 16.4 Å². The molecule has 5 heteroatoms. The monoisotopic (exact) mass is 366 g/mol. The van der Waals surface area contributed by atoms with Crippen molar-refractivity contribution in [1.82, 2.24) is 9.21 Å². The maximum Gasteiger partial charge on any atom is 0.243 e. The third kappa shape index (κ3) is 3.64. The highest BCUT2D eigenvalue weighted by molar-refractivity contribution is 7.89. The maximum atomic E-state index is 12.6. The predicted molar refractivity (Wildman–Crippen MR) is 104 cm³/mol. The molecule has 0 aliphatic carbocycles. The molecule has 0 bridgehead atoms. The largest absolute Gasteiger partial charge is 0.292 e. The molecule has 4 nitrogen and oxygen atoms in total. The van der Waals surface area contributed by atoms with Crippen LogP contribution in [0.3, 0.4) is 0 Å². The Bertz CT molecular complexity index is 676. The molecule has 0 amide bonds. The van der Waals surface area contributed by atoms with Crippen LogP contribution in [0.15, 0.2) is 29.2 Å². The van der Waals surface area contributed by atoms with Crippen LogP contribution < -0.4 is 0 Å². The van der Waals surface area contributed by atoms with Crippen LogP contribution in [0, 0.1) is 5.92 Å². The molecular formula is C20H34N2O2S. The summed E-state index contributed by atoms with van der Waals surface area (Å²) in [7, 11) is -3.37. The zero-order chi connectivity index (χ0) is 19.0. The van der Waals surface area contributed by atoms with Crippen LogP contribution in [0.2, 0.25) is 0 Å². The lowest BCUT2D eigenvalue weighted by molar-refractivity contribution is -0.129. The van der Waals surface area contributed by atoms with Crippen molar-refractivity contribution in [3.63, 3.8) is 0 Å². The molecule has 2 rings (SSSR count). The van der Waals surface area contributed by atoms with Gasteiger partial charge in [0.05, 0.1) is 4.90 Å². The first-order valence-corrected chi connectivity index (χ1v) is 10.9. The van der Waals surface area contributed by atoms with Gasteiger partial charge in [0.1, 0.15) is 0 Å². The van der Waals surface area contributed by atoms with Gasteiger partial charge >= 0.3 is 0 Å². The first-order chi connectivity index (χ1) is 11.6. The van der Waals surface area contributed by atoms with Crippen LogP contribution >= 0.6 is 0 Å². The van der Waals surface area contributed by atoms with E-state index >= 15 is 0 Å². The number of rotatable bonds is 7. The second-order valence-corrected chi connectivity index (χ2v) is 9.88. The lowest BCUT2D eigenvalue weighted by Crippen LogP contribution is -2.71. The topological polar surface area (TPSA) is 40.6 Å². The summed E-state index contributed by atoms with van der Waals surface area (Å²) in [5.41, 5.74) is 1.39.